The molecule has 0 saturated carbocycles. The number of carbonyl (C=O) groups excluding carboxylic acids is 1. The maximum absolute atomic E-state index is 12.2. The highest BCUT2D eigenvalue weighted by Crippen LogP contribution is 2.26. The lowest BCUT2D eigenvalue weighted by Gasteiger charge is -2.12. The van der Waals surface area contributed by atoms with Gasteiger partial charge in [-0.15, -0.1) is 5.10 Å². The fourth-order valence-corrected chi connectivity index (χ4v) is 2.19. The van der Waals surface area contributed by atoms with Gasteiger partial charge < -0.3 is 5.32 Å². The SMILES string of the molecule is Cc1cc(Cl)nc(Cl)c1NC(=O)c1n[nH]c(C(C)(C)C)n1. The van der Waals surface area contributed by atoms with Crippen LogP contribution in [0.3, 0.4) is 0 Å². The summed E-state index contributed by atoms with van der Waals surface area (Å²) >= 11 is 11.8. The molecule has 0 bridgehead atoms. The number of anilines is 1. The van der Waals surface area contributed by atoms with E-state index < -0.39 is 5.91 Å². The van der Waals surface area contributed by atoms with E-state index in [4.69, 9.17) is 23.2 Å². The predicted octanol–water partition coefficient (Wildman–Crippen LogP) is 3.36. The van der Waals surface area contributed by atoms with E-state index in [-0.39, 0.29) is 21.5 Å². The van der Waals surface area contributed by atoms with Crippen LogP contribution in [0.1, 0.15) is 42.8 Å². The van der Waals surface area contributed by atoms with Crippen molar-refractivity contribution in [3.63, 3.8) is 0 Å². The van der Waals surface area contributed by atoms with Crippen LogP contribution in [-0.4, -0.2) is 26.1 Å². The quantitative estimate of drug-likeness (QED) is 0.828. The van der Waals surface area contributed by atoms with E-state index in [0.717, 1.165) is 0 Å². The molecule has 2 rings (SSSR count). The van der Waals surface area contributed by atoms with Crippen molar-refractivity contribution in [2.45, 2.75) is 33.1 Å². The van der Waals surface area contributed by atoms with Crippen LogP contribution in [0.2, 0.25) is 10.3 Å². The van der Waals surface area contributed by atoms with E-state index >= 15 is 0 Å². The standard InChI is InChI=1S/C13H15Cl2N5O/c1-6-5-7(14)16-9(15)8(6)17-11(21)10-18-12(20-19-10)13(2,3)4/h5H,1-4H3,(H,17,21)(H,18,19,20). The van der Waals surface area contributed by atoms with Crippen LogP contribution in [0.4, 0.5) is 5.69 Å². The maximum atomic E-state index is 12.2. The van der Waals surface area contributed by atoms with Gasteiger partial charge in [-0.3, -0.25) is 9.89 Å². The smallest absolute Gasteiger partial charge is 0.295 e. The molecule has 0 aliphatic rings. The van der Waals surface area contributed by atoms with Crippen molar-refractivity contribution in [1.29, 1.82) is 0 Å². The van der Waals surface area contributed by atoms with Gasteiger partial charge in [0.05, 0.1) is 5.69 Å². The Morgan fingerprint density at radius 2 is 1.95 bits per heavy atom. The van der Waals surface area contributed by atoms with Gasteiger partial charge in [-0.25, -0.2) is 9.97 Å². The lowest BCUT2D eigenvalue weighted by Crippen LogP contribution is -2.17. The molecule has 2 aromatic rings. The first kappa shape index (κ1) is 15.7. The lowest BCUT2D eigenvalue weighted by molar-refractivity contribution is 0.101. The molecule has 0 aliphatic carbocycles. The number of nitrogens with one attached hydrogen (secondary N) is 2. The summed E-state index contributed by atoms with van der Waals surface area (Å²) in [4.78, 5) is 20.2. The number of carbonyl (C=O) groups is 1. The Morgan fingerprint density at radius 1 is 1.29 bits per heavy atom. The predicted molar refractivity (Wildman–Crippen MR) is 82.0 cm³/mol. The summed E-state index contributed by atoms with van der Waals surface area (Å²) in [6, 6.07) is 1.61. The van der Waals surface area contributed by atoms with Gasteiger partial charge in [0.25, 0.3) is 5.91 Å². The van der Waals surface area contributed by atoms with Crippen molar-refractivity contribution in [3.05, 3.63) is 33.6 Å². The first-order valence-electron chi connectivity index (χ1n) is 6.25. The van der Waals surface area contributed by atoms with Gasteiger partial charge in [0.1, 0.15) is 11.0 Å². The molecule has 0 fully saturated rings. The molecule has 0 saturated heterocycles. The van der Waals surface area contributed by atoms with E-state index in [1.807, 2.05) is 20.8 Å². The zero-order chi connectivity index (χ0) is 15.8. The maximum Gasteiger partial charge on any atom is 0.295 e. The van der Waals surface area contributed by atoms with Gasteiger partial charge in [-0.2, -0.15) is 0 Å². The highest BCUT2D eigenvalue weighted by Gasteiger charge is 2.22. The molecule has 6 nitrogen and oxygen atoms in total. The Morgan fingerprint density at radius 3 is 2.48 bits per heavy atom. The molecule has 1 amide bonds. The van der Waals surface area contributed by atoms with Crippen molar-refractivity contribution < 1.29 is 4.79 Å². The second-order valence-corrected chi connectivity index (χ2v) is 6.38. The molecular weight excluding hydrogens is 313 g/mol. The molecule has 0 spiro atoms. The molecule has 0 aliphatic heterocycles. The van der Waals surface area contributed by atoms with Gasteiger partial charge in [0, 0.05) is 5.41 Å². The number of hydrogen-bond acceptors (Lipinski definition) is 4. The Bertz CT molecular complexity index is 667. The van der Waals surface area contributed by atoms with Crippen molar-refractivity contribution in [2.24, 2.45) is 0 Å². The van der Waals surface area contributed by atoms with Gasteiger partial charge in [-0.1, -0.05) is 44.0 Å². The van der Waals surface area contributed by atoms with E-state index in [9.17, 15) is 4.79 Å². The number of rotatable bonds is 2. The zero-order valence-corrected chi connectivity index (χ0v) is 13.6. The monoisotopic (exact) mass is 327 g/mol. The van der Waals surface area contributed by atoms with Gasteiger partial charge >= 0.3 is 0 Å². The Kier molecular flexibility index (Phi) is 4.20. The molecule has 112 valence electrons. The minimum absolute atomic E-state index is 0.0466. The third-order valence-electron chi connectivity index (χ3n) is 2.78. The van der Waals surface area contributed by atoms with Crippen LogP contribution in [-0.2, 0) is 5.41 Å². The average Bonchev–Trinajstić information content (AvgIpc) is 2.82. The van der Waals surface area contributed by atoms with Crippen molar-refractivity contribution in [1.82, 2.24) is 20.2 Å². The first-order valence-corrected chi connectivity index (χ1v) is 7.01. The summed E-state index contributed by atoms with van der Waals surface area (Å²) < 4.78 is 0. The van der Waals surface area contributed by atoms with Gasteiger partial charge in [0.15, 0.2) is 5.15 Å². The summed E-state index contributed by atoms with van der Waals surface area (Å²) in [5.74, 6) is 0.214. The zero-order valence-electron chi connectivity index (χ0n) is 12.1. The number of aromatic amines is 1. The third kappa shape index (κ3) is 3.51. The topological polar surface area (TPSA) is 83.6 Å². The molecule has 0 unspecified atom stereocenters. The number of aryl methyl sites for hydroxylation is 1. The van der Waals surface area contributed by atoms with Crippen LogP contribution >= 0.6 is 23.2 Å². The Balaban J connectivity index is 2.25. The van der Waals surface area contributed by atoms with Crippen molar-refractivity contribution >= 4 is 34.8 Å². The minimum atomic E-state index is -0.462. The molecule has 0 atom stereocenters. The minimum Gasteiger partial charge on any atom is -0.316 e. The number of halogens is 2. The molecule has 2 heterocycles. The van der Waals surface area contributed by atoms with Gasteiger partial charge in [-0.05, 0) is 18.6 Å². The van der Waals surface area contributed by atoms with Crippen LogP contribution in [0.5, 0.6) is 0 Å². The summed E-state index contributed by atoms with van der Waals surface area (Å²) in [6.45, 7) is 7.69. The van der Waals surface area contributed by atoms with Crippen molar-refractivity contribution in [3.8, 4) is 0 Å². The normalized spacial score (nSPS) is 11.5. The highest BCUT2D eigenvalue weighted by molar-refractivity contribution is 6.35. The number of hydrogen-bond donors (Lipinski definition) is 2. The largest absolute Gasteiger partial charge is 0.316 e. The molecule has 0 aromatic carbocycles. The Hall–Kier alpha value is -1.66. The second kappa shape index (κ2) is 5.61. The number of H-pyrrole nitrogens is 1. The molecule has 21 heavy (non-hydrogen) atoms. The number of pyridine rings is 1. The van der Waals surface area contributed by atoms with Crippen LogP contribution in [0, 0.1) is 6.92 Å². The van der Waals surface area contributed by atoms with Crippen LogP contribution < -0.4 is 5.32 Å². The molecular formula is C13H15Cl2N5O. The number of amides is 1. The fraction of sp³-hybridized carbons (Fsp3) is 0.385. The summed E-state index contributed by atoms with van der Waals surface area (Å²) in [5, 5.41) is 9.72. The fourth-order valence-electron chi connectivity index (χ4n) is 1.61. The van der Waals surface area contributed by atoms with Gasteiger partial charge in [0.2, 0.25) is 5.82 Å². The van der Waals surface area contributed by atoms with E-state index in [1.165, 1.54) is 0 Å². The number of aromatic nitrogens is 4. The van der Waals surface area contributed by atoms with E-state index in [2.05, 4.69) is 25.5 Å². The average molecular weight is 328 g/mol. The van der Waals surface area contributed by atoms with E-state index in [1.54, 1.807) is 13.0 Å². The Labute approximate surface area is 132 Å². The summed E-state index contributed by atoms with van der Waals surface area (Å²) in [7, 11) is 0. The summed E-state index contributed by atoms with van der Waals surface area (Å²) in [6.07, 6.45) is 0. The van der Waals surface area contributed by atoms with Crippen LogP contribution in [0.25, 0.3) is 0 Å². The van der Waals surface area contributed by atoms with Crippen molar-refractivity contribution in [2.75, 3.05) is 5.32 Å². The van der Waals surface area contributed by atoms with E-state index in [0.29, 0.717) is 17.1 Å². The molecule has 0 radical (unpaired) electrons. The summed E-state index contributed by atoms with van der Waals surface area (Å²) in [5.41, 5.74) is 0.883. The highest BCUT2D eigenvalue weighted by atomic mass is 35.5. The lowest BCUT2D eigenvalue weighted by atomic mass is 9.96. The molecule has 8 heteroatoms. The third-order valence-corrected chi connectivity index (χ3v) is 3.25. The van der Waals surface area contributed by atoms with Crippen LogP contribution in [0.15, 0.2) is 6.07 Å². The number of nitrogens with zero attached hydrogens (tertiary/aromatic N) is 3. The second-order valence-electron chi connectivity index (χ2n) is 5.64. The first-order chi connectivity index (χ1) is 9.68. The molecule has 2 aromatic heterocycles. The molecule has 2 N–H and O–H groups in total.